The van der Waals surface area contributed by atoms with E-state index in [-0.39, 0.29) is 18.4 Å². The van der Waals surface area contributed by atoms with Crippen LogP contribution in [-0.2, 0) is 16.1 Å². The van der Waals surface area contributed by atoms with E-state index in [0.29, 0.717) is 31.2 Å². The second kappa shape index (κ2) is 11.7. The molecule has 162 valence electrons. The second-order valence-electron chi connectivity index (χ2n) is 7.75. The summed E-state index contributed by atoms with van der Waals surface area (Å²) in [4.78, 5) is 27.6. The SMILES string of the molecule is CC[C@H](C(=O)NCC(C)C)N(Cc1ccccc1C)C(=O)COc1ccc(Br)cc1. The fourth-order valence-electron chi connectivity index (χ4n) is 3.07. The van der Waals surface area contributed by atoms with E-state index in [1.54, 1.807) is 17.0 Å². The highest BCUT2D eigenvalue weighted by Gasteiger charge is 2.29. The lowest BCUT2D eigenvalue weighted by molar-refractivity contribution is -0.143. The van der Waals surface area contributed by atoms with Crippen LogP contribution in [0.5, 0.6) is 5.75 Å². The van der Waals surface area contributed by atoms with Gasteiger partial charge in [0.1, 0.15) is 11.8 Å². The molecule has 1 atom stereocenters. The lowest BCUT2D eigenvalue weighted by Gasteiger charge is -2.31. The number of carbonyl (C=O) groups excluding carboxylic acids is 2. The highest BCUT2D eigenvalue weighted by molar-refractivity contribution is 9.10. The normalized spacial score (nSPS) is 11.8. The van der Waals surface area contributed by atoms with Gasteiger partial charge in [-0.1, -0.05) is 61.0 Å². The summed E-state index contributed by atoms with van der Waals surface area (Å²) in [5, 5.41) is 2.97. The van der Waals surface area contributed by atoms with Gasteiger partial charge in [0, 0.05) is 17.6 Å². The van der Waals surface area contributed by atoms with Gasteiger partial charge in [-0.15, -0.1) is 0 Å². The number of benzene rings is 2. The van der Waals surface area contributed by atoms with Crippen molar-refractivity contribution in [1.82, 2.24) is 10.2 Å². The summed E-state index contributed by atoms with van der Waals surface area (Å²) in [7, 11) is 0. The number of nitrogens with one attached hydrogen (secondary N) is 1. The van der Waals surface area contributed by atoms with Gasteiger partial charge in [-0.2, -0.15) is 0 Å². The van der Waals surface area contributed by atoms with E-state index in [1.165, 1.54) is 0 Å². The van der Waals surface area contributed by atoms with Crippen LogP contribution in [-0.4, -0.2) is 35.9 Å². The molecule has 0 radical (unpaired) electrons. The number of amides is 2. The summed E-state index contributed by atoms with van der Waals surface area (Å²) in [5.74, 6) is 0.608. The fraction of sp³-hybridized carbons (Fsp3) is 0.417. The Morgan fingerprint density at radius 3 is 2.37 bits per heavy atom. The van der Waals surface area contributed by atoms with Crippen LogP contribution in [0.1, 0.15) is 38.3 Å². The molecule has 2 aromatic rings. The molecule has 0 aromatic heterocycles. The number of carbonyl (C=O) groups is 2. The van der Waals surface area contributed by atoms with Crippen molar-refractivity contribution in [3.63, 3.8) is 0 Å². The lowest BCUT2D eigenvalue weighted by Crippen LogP contribution is -2.50. The van der Waals surface area contributed by atoms with Crippen LogP contribution in [0.2, 0.25) is 0 Å². The summed E-state index contributed by atoms with van der Waals surface area (Å²) in [5.41, 5.74) is 2.10. The smallest absolute Gasteiger partial charge is 0.261 e. The topological polar surface area (TPSA) is 58.6 Å². The molecule has 1 N–H and O–H groups in total. The van der Waals surface area contributed by atoms with Crippen LogP contribution in [0.15, 0.2) is 53.0 Å². The lowest BCUT2D eigenvalue weighted by atomic mass is 10.1. The zero-order chi connectivity index (χ0) is 22.1. The number of halogens is 1. The van der Waals surface area contributed by atoms with Gasteiger partial charge >= 0.3 is 0 Å². The second-order valence-corrected chi connectivity index (χ2v) is 8.67. The van der Waals surface area contributed by atoms with Crippen LogP contribution in [0.25, 0.3) is 0 Å². The molecule has 0 aliphatic rings. The minimum Gasteiger partial charge on any atom is -0.484 e. The number of ether oxygens (including phenoxy) is 1. The fourth-order valence-corrected chi connectivity index (χ4v) is 3.34. The van der Waals surface area contributed by atoms with Crippen LogP contribution < -0.4 is 10.1 Å². The van der Waals surface area contributed by atoms with Crippen LogP contribution in [0, 0.1) is 12.8 Å². The van der Waals surface area contributed by atoms with Crippen molar-refractivity contribution >= 4 is 27.7 Å². The molecule has 2 amide bonds. The molecule has 0 unspecified atom stereocenters. The Labute approximate surface area is 187 Å². The van der Waals surface area contributed by atoms with Gasteiger partial charge < -0.3 is 15.0 Å². The summed E-state index contributed by atoms with van der Waals surface area (Å²) in [6.45, 7) is 8.85. The van der Waals surface area contributed by atoms with Gasteiger partial charge in [-0.3, -0.25) is 9.59 Å². The molecule has 0 heterocycles. The maximum atomic E-state index is 13.2. The van der Waals surface area contributed by atoms with Gasteiger partial charge in [0.15, 0.2) is 6.61 Å². The molecule has 5 nitrogen and oxygen atoms in total. The third kappa shape index (κ3) is 7.17. The van der Waals surface area contributed by atoms with Crippen LogP contribution in [0.3, 0.4) is 0 Å². The Hall–Kier alpha value is -2.34. The number of rotatable bonds is 10. The van der Waals surface area contributed by atoms with Crippen molar-refractivity contribution in [3.8, 4) is 5.75 Å². The third-order valence-corrected chi connectivity index (χ3v) is 5.38. The summed E-state index contributed by atoms with van der Waals surface area (Å²) in [6, 6.07) is 14.7. The number of nitrogens with zero attached hydrogens (tertiary/aromatic N) is 1. The molecular formula is C24H31BrN2O3. The van der Waals surface area contributed by atoms with Gasteiger partial charge in [-0.25, -0.2) is 0 Å². The van der Waals surface area contributed by atoms with E-state index < -0.39 is 6.04 Å². The van der Waals surface area contributed by atoms with Crippen LogP contribution in [0.4, 0.5) is 0 Å². The Balaban J connectivity index is 2.19. The monoisotopic (exact) mass is 474 g/mol. The number of aryl methyl sites for hydroxylation is 1. The maximum absolute atomic E-state index is 13.2. The van der Waals surface area contributed by atoms with Crippen molar-refractivity contribution in [2.75, 3.05) is 13.2 Å². The molecule has 0 bridgehead atoms. The largest absolute Gasteiger partial charge is 0.484 e. The molecule has 0 saturated heterocycles. The minimum absolute atomic E-state index is 0.124. The minimum atomic E-state index is -0.552. The van der Waals surface area contributed by atoms with Gasteiger partial charge in [0.05, 0.1) is 0 Å². The molecule has 0 aliphatic heterocycles. The van der Waals surface area contributed by atoms with E-state index in [9.17, 15) is 9.59 Å². The van der Waals surface area contributed by atoms with Crippen LogP contribution >= 0.6 is 15.9 Å². The Bertz CT molecular complexity index is 837. The molecule has 0 spiro atoms. The summed E-state index contributed by atoms with van der Waals surface area (Å²) >= 11 is 3.39. The molecule has 0 saturated carbocycles. The molecule has 30 heavy (non-hydrogen) atoms. The van der Waals surface area contributed by atoms with E-state index in [2.05, 4.69) is 21.2 Å². The average Bonchev–Trinajstić information content (AvgIpc) is 2.72. The Kier molecular flexibility index (Phi) is 9.37. The maximum Gasteiger partial charge on any atom is 0.261 e. The quantitative estimate of drug-likeness (QED) is 0.541. The standard InChI is InChI=1S/C24H31BrN2O3/c1-5-22(24(29)26-14-17(2)3)27(15-19-9-7-6-8-18(19)4)23(28)16-30-21-12-10-20(25)11-13-21/h6-13,17,22H,5,14-16H2,1-4H3,(H,26,29)/t22-/m1/s1. The molecule has 2 aromatic carbocycles. The van der Waals surface area contributed by atoms with Gasteiger partial charge in [0.25, 0.3) is 5.91 Å². The number of hydrogen-bond acceptors (Lipinski definition) is 3. The summed E-state index contributed by atoms with van der Waals surface area (Å²) < 4.78 is 6.64. The highest BCUT2D eigenvalue weighted by Crippen LogP contribution is 2.18. The Morgan fingerprint density at radius 2 is 1.77 bits per heavy atom. The molecule has 0 fully saturated rings. The van der Waals surface area contributed by atoms with E-state index in [4.69, 9.17) is 4.74 Å². The molecule has 2 rings (SSSR count). The zero-order valence-electron chi connectivity index (χ0n) is 18.2. The van der Waals surface area contributed by atoms with Crippen molar-refractivity contribution in [3.05, 3.63) is 64.1 Å². The predicted octanol–water partition coefficient (Wildman–Crippen LogP) is 4.72. The first kappa shape index (κ1) is 23.9. The predicted molar refractivity (Wildman–Crippen MR) is 123 cm³/mol. The molecular weight excluding hydrogens is 444 g/mol. The highest BCUT2D eigenvalue weighted by atomic mass is 79.9. The van der Waals surface area contributed by atoms with Gasteiger partial charge in [0.2, 0.25) is 5.91 Å². The van der Waals surface area contributed by atoms with E-state index >= 15 is 0 Å². The van der Waals surface area contributed by atoms with Crippen molar-refractivity contribution < 1.29 is 14.3 Å². The Morgan fingerprint density at radius 1 is 1.10 bits per heavy atom. The van der Waals surface area contributed by atoms with Crippen molar-refractivity contribution in [2.45, 2.75) is 46.7 Å². The first-order valence-electron chi connectivity index (χ1n) is 10.3. The van der Waals surface area contributed by atoms with Crippen molar-refractivity contribution in [2.24, 2.45) is 5.92 Å². The van der Waals surface area contributed by atoms with Crippen molar-refractivity contribution in [1.29, 1.82) is 0 Å². The average molecular weight is 475 g/mol. The van der Waals surface area contributed by atoms with Gasteiger partial charge in [-0.05, 0) is 54.7 Å². The van der Waals surface area contributed by atoms with E-state index in [1.807, 2.05) is 64.1 Å². The third-order valence-electron chi connectivity index (χ3n) is 4.85. The first-order valence-corrected chi connectivity index (χ1v) is 11.1. The number of hydrogen-bond donors (Lipinski definition) is 1. The first-order chi connectivity index (χ1) is 14.3. The zero-order valence-corrected chi connectivity index (χ0v) is 19.7. The molecule has 0 aliphatic carbocycles. The summed E-state index contributed by atoms with van der Waals surface area (Å²) in [6.07, 6.45) is 0.528. The van der Waals surface area contributed by atoms with E-state index in [0.717, 1.165) is 15.6 Å². The molecule has 6 heteroatoms.